The van der Waals surface area contributed by atoms with E-state index in [9.17, 15) is 4.79 Å². The van der Waals surface area contributed by atoms with E-state index in [0.29, 0.717) is 11.1 Å². The van der Waals surface area contributed by atoms with Crippen LogP contribution in [0.5, 0.6) is 0 Å². The predicted molar refractivity (Wildman–Crippen MR) is 68.8 cm³/mol. The number of hydrogen-bond acceptors (Lipinski definition) is 4. The molecule has 2 rings (SSSR count). The minimum absolute atomic E-state index is 0.548. The van der Waals surface area contributed by atoms with E-state index in [4.69, 9.17) is 5.26 Å². The van der Waals surface area contributed by atoms with Crippen molar-refractivity contribution in [2.45, 2.75) is 0 Å². The predicted octanol–water partition coefficient (Wildman–Crippen LogP) is 2.53. The molecule has 0 spiro atoms. The number of aldehydes is 1. The van der Waals surface area contributed by atoms with Crippen LogP contribution in [0.2, 0.25) is 0 Å². The molecule has 0 atom stereocenters. The summed E-state index contributed by atoms with van der Waals surface area (Å²) in [6.07, 6.45) is 2.29. The maximum atomic E-state index is 10.5. The van der Waals surface area contributed by atoms with Gasteiger partial charge < -0.3 is 4.90 Å². The molecule has 0 saturated carbocycles. The van der Waals surface area contributed by atoms with Gasteiger partial charge in [0.1, 0.15) is 5.82 Å². The van der Waals surface area contributed by atoms with Crippen molar-refractivity contribution in [3.05, 3.63) is 53.7 Å². The number of hydrogen-bond donors (Lipinski definition) is 0. The number of rotatable bonds is 3. The Bertz CT molecular complexity index is 582. The summed E-state index contributed by atoms with van der Waals surface area (Å²) >= 11 is 0. The van der Waals surface area contributed by atoms with Crippen molar-refractivity contribution in [3.63, 3.8) is 0 Å². The number of pyridine rings is 1. The highest BCUT2D eigenvalue weighted by atomic mass is 16.1. The summed E-state index contributed by atoms with van der Waals surface area (Å²) in [6, 6.07) is 12.8. The molecule has 4 nitrogen and oxygen atoms in total. The molecular weight excluding hydrogens is 226 g/mol. The van der Waals surface area contributed by atoms with Gasteiger partial charge in [0.2, 0.25) is 0 Å². The topological polar surface area (TPSA) is 57.0 Å². The van der Waals surface area contributed by atoms with Crippen molar-refractivity contribution < 1.29 is 4.79 Å². The van der Waals surface area contributed by atoms with Gasteiger partial charge >= 0.3 is 0 Å². The molecule has 0 aliphatic rings. The first kappa shape index (κ1) is 11.8. The summed E-state index contributed by atoms with van der Waals surface area (Å²) in [4.78, 5) is 16.6. The highest BCUT2D eigenvalue weighted by Crippen LogP contribution is 2.21. The van der Waals surface area contributed by atoms with Crippen LogP contribution in [-0.4, -0.2) is 18.3 Å². The van der Waals surface area contributed by atoms with Gasteiger partial charge in [0.15, 0.2) is 6.29 Å². The fourth-order valence-corrected chi connectivity index (χ4v) is 1.56. The third-order valence-electron chi connectivity index (χ3n) is 2.63. The molecule has 88 valence electrons. The molecule has 1 aromatic carbocycles. The van der Waals surface area contributed by atoms with E-state index in [1.165, 1.54) is 6.20 Å². The van der Waals surface area contributed by atoms with Crippen LogP contribution in [0.15, 0.2) is 42.6 Å². The molecule has 0 fully saturated rings. The molecule has 0 aliphatic carbocycles. The molecule has 1 heterocycles. The van der Waals surface area contributed by atoms with Gasteiger partial charge in [-0.05, 0) is 36.4 Å². The summed E-state index contributed by atoms with van der Waals surface area (Å²) in [5.41, 5.74) is 2.10. The maximum absolute atomic E-state index is 10.5. The van der Waals surface area contributed by atoms with Gasteiger partial charge in [-0.3, -0.25) is 4.79 Å². The molecule has 2 aromatic rings. The molecule has 0 radical (unpaired) electrons. The van der Waals surface area contributed by atoms with Crippen molar-refractivity contribution in [3.8, 4) is 6.07 Å². The largest absolute Gasteiger partial charge is 0.329 e. The van der Waals surface area contributed by atoms with Crippen molar-refractivity contribution in [1.29, 1.82) is 5.26 Å². The van der Waals surface area contributed by atoms with Crippen LogP contribution < -0.4 is 4.90 Å². The third-order valence-corrected chi connectivity index (χ3v) is 2.63. The molecule has 0 saturated heterocycles. The number of carbonyl (C=O) groups excluding carboxylic acids is 1. The Labute approximate surface area is 105 Å². The smallest absolute Gasteiger partial charge is 0.151 e. The van der Waals surface area contributed by atoms with E-state index in [0.717, 1.165) is 17.8 Å². The lowest BCUT2D eigenvalue weighted by atomic mass is 10.2. The summed E-state index contributed by atoms with van der Waals surface area (Å²) < 4.78 is 0. The quantitative estimate of drug-likeness (QED) is 0.770. The summed E-state index contributed by atoms with van der Waals surface area (Å²) in [5, 5.41) is 8.73. The number of anilines is 2. The second-order valence-corrected chi connectivity index (χ2v) is 3.79. The fraction of sp³-hybridized carbons (Fsp3) is 0.0714. The molecule has 0 unspecified atom stereocenters. The lowest BCUT2D eigenvalue weighted by Gasteiger charge is -2.18. The van der Waals surface area contributed by atoms with E-state index in [-0.39, 0.29) is 0 Å². The monoisotopic (exact) mass is 237 g/mol. The zero-order valence-corrected chi connectivity index (χ0v) is 9.87. The Morgan fingerprint density at radius 1 is 1.22 bits per heavy atom. The van der Waals surface area contributed by atoms with Gasteiger partial charge in [-0.2, -0.15) is 5.26 Å². The fourth-order valence-electron chi connectivity index (χ4n) is 1.56. The Morgan fingerprint density at radius 2 is 1.94 bits per heavy atom. The summed E-state index contributed by atoms with van der Waals surface area (Å²) in [5.74, 6) is 0.741. The average Bonchev–Trinajstić information content (AvgIpc) is 2.47. The van der Waals surface area contributed by atoms with Crippen LogP contribution in [-0.2, 0) is 0 Å². The van der Waals surface area contributed by atoms with E-state index in [1.54, 1.807) is 24.3 Å². The van der Waals surface area contributed by atoms with Crippen molar-refractivity contribution >= 4 is 17.8 Å². The first-order valence-corrected chi connectivity index (χ1v) is 5.39. The van der Waals surface area contributed by atoms with Gasteiger partial charge in [-0.25, -0.2) is 4.98 Å². The lowest BCUT2D eigenvalue weighted by Crippen LogP contribution is -2.11. The minimum Gasteiger partial charge on any atom is -0.329 e. The molecule has 4 heteroatoms. The van der Waals surface area contributed by atoms with Gasteiger partial charge in [0.05, 0.1) is 11.6 Å². The number of aromatic nitrogens is 1. The first-order chi connectivity index (χ1) is 8.74. The van der Waals surface area contributed by atoms with Crippen LogP contribution >= 0.6 is 0 Å². The average molecular weight is 237 g/mol. The van der Waals surface area contributed by atoms with Crippen LogP contribution in [0.4, 0.5) is 11.5 Å². The Kier molecular flexibility index (Phi) is 3.35. The highest BCUT2D eigenvalue weighted by Gasteiger charge is 2.05. The number of benzene rings is 1. The normalized spacial score (nSPS) is 9.56. The second kappa shape index (κ2) is 5.11. The van der Waals surface area contributed by atoms with Gasteiger partial charge in [-0.15, -0.1) is 0 Å². The summed E-state index contributed by atoms with van der Waals surface area (Å²) in [7, 11) is 1.88. The van der Waals surface area contributed by atoms with E-state index in [2.05, 4.69) is 11.1 Å². The standard InChI is InChI=1S/C14H11N3O/c1-17(13-5-2-11(8-15)3-6-13)14-7-4-12(10-18)9-16-14/h2-7,9-10H,1H3. The third kappa shape index (κ3) is 2.36. The first-order valence-electron chi connectivity index (χ1n) is 5.39. The maximum Gasteiger partial charge on any atom is 0.151 e. The van der Waals surface area contributed by atoms with Gasteiger partial charge in [0, 0.05) is 24.5 Å². The van der Waals surface area contributed by atoms with Crippen molar-refractivity contribution in [2.24, 2.45) is 0 Å². The van der Waals surface area contributed by atoms with E-state index in [1.807, 2.05) is 24.1 Å². The SMILES string of the molecule is CN(c1ccc(C#N)cc1)c1ccc(C=O)cn1. The van der Waals surface area contributed by atoms with Crippen LogP contribution in [0.3, 0.4) is 0 Å². The van der Waals surface area contributed by atoms with Crippen LogP contribution in [0.25, 0.3) is 0 Å². The number of nitriles is 1. The second-order valence-electron chi connectivity index (χ2n) is 3.79. The van der Waals surface area contributed by atoms with Crippen LogP contribution in [0.1, 0.15) is 15.9 Å². The Hall–Kier alpha value is -2.67. The molecule has 1 aromatic heterocycles. The molecular formula is C14H11N3O. The van der Waals surface area contributed by atoms with Crippen molar-refractivity contribution in [2.75, 3.05) is 11.9 Å². The zero-order valence-electron chi connectivity index (χ0n) is 9.87. The van der Waals surface area contributed by atoms with Gasteiger partial charge in [-0.1, -0.05) is 0 Å². The molecule has 18 heavy (non-hydrogen) atoms. The molecule has 0 aliphatic heterocycles. The minimum atomic E-state index is 0.548. The molecule has 0 N–H and O–H groups in total. The highest BCUT2D eigenvalue weighted by molar-refractivity contribution is 5.75. The Morgan fingerprint density at radius 3 is 2.44 bits per heavy atom. The van der Waals surface area contributed by atoms with E-state index >= 15 is 0 Å². The van der Waals surface area contributed by atoms with Crippen molar-refractivity contribution in [1.82, 2.24) is 4.98 Å². The number of nitrogens with zero attached hydrogens (tertiary/aromatic N) is 3. The lowest BCUT2D eigenvalue weighted by molar-refractivity contribution is 0.112. The van der Waals surface area contributed by atoms with E-state index < -0.39 is 0 Å². The summed E-state index contributed by atoms with van der Waals surface area (Å²) in [6.45, 7) is 0. The van der Waals surface area contributed by atoms with Crippen LogP contribution in [0, 0.1) is 11.3 Å². The zero-order chi connectivity index (χ0) is 13.0. The molecule has 0 bridgehead atoms. The molecule has 0 amide bonds. The van der Waals surface area contributed by atoms with Gasteiger partial charge in [0.25, 0.3) is 0 Å². The number of carbonyl (C=O) groups is 1. The Balaban J connectivity index is 2.26.